The lowest BCUT2D eigenvalue weighted by Crippen LogP contribution is -2.50. The summed E-state index contributed by atoms with van der Waals surface area (Å²) in [6.45, 7) is 3.69. The number of carbonyl (C=O) groups excluding carboxylic acids is 3. The van der Waals surface area contributed by atoms with Crippen LogP contribution < -0.4 is 15.4 Å². The van der Waals surface area contributed by atoms with Crippen molar-refractivity contribution in [2.75, 3.05) is 37.4 Å². The Morgan fingerprint density at radius 3 is 2.35 bits per heavy atom. The highest BCUT2D eigenvalue weighted by Crippen LogP contribution is 2.32. The van der Waals surface area contributed by atoms with Crippen LogP contribution in [0.2, 0.25) is 0 Å². The van der Waals surface area contributed by atoms with E-state index in [2.05, 4.69) is 10.6 Å². The number of aliphatic hydroxyl groups is 1. The average molecular weight is 605 g/mol. The van der Waals surface area contributed by atoms with Crippen LogP contribution in [0.25, 0.3) is 0 Å². The molecule has 3 N–H and O–H groups in total. The van der Waals surface area contributed by atoms with E-state index >= 15 is 0 Å². The SMILES string of the molecule is C[C@@H]1CN([C@H](C)CO)C(=O)c2cc(NC(=O)C3CCCCC3)ccc2O[C@H]1CN(C)C(=O)Nc1ccc(C(F)(F)F)cc1. The van der Waals surface area contributed by atoms with Crippen molar-refractivity contribution in [2.24, 2.45) is 11.8 Å². The minimum absolute atomic E-state index is 0.0666. The van der Waals surface area contributed by atoms with Crippen LogP contribution in [0.4, 0.5) is 29.3 Å². The van der Waals surface area contributed by atoms with Crippen LogP contribution in [0.1, 0.15) is 61.9 Å². The summed E-state index contributed by atoms with van der Waals surface area (Å²) >= 11 is 0. The molecule has 4 rings (SSSR count). The van der Waals surface area contributed by atoms with Crippen molar-refractivity contribution in [1.29, 1.82) is 0 Å². The molecule has 9 nitrogen and oxygen atoms in total. The second-order valence-electron chi connectivity index (χ2n) is 11.5. The zero-order chi connectivity index (χ0) is 31.3. The fourth-order valence-corrected chi connectivity index (χ4v) is 5.44. The number of nitrogens with one attached hydrogen (secondary N) is 2. The maximum absolute atomic E-state index is 13.7. The van der Waals surface area contributed by atoms with Gasteiger partial charge in [-0.05, 0) is 62.2 Å². The minimum atomic E-state index is -4.48. The van der Waals surface area contributed by atoms with E-state index in [1.165, 1.54) is 17.0 Å². The molecule has 234 valence electrons. The van der Waals surface area contributed by atoms with E-state index in [4.69, 9.17) is 4.74 Å². The first-order valence-electron chi connectivity index (χ1n) is 14.6. The number of aliphatic hydroxyl groups excluding tert-OH is 1. The lowest BCUT2D eigenvalue weighted by Gasteiger charge is -2.38. The van der Waals surface area contributed by atoms with Crippen LogP contribution in [-0.4, -0.2) is 71.6 Å². The number of amides is 4. The number of hydrogen-bond acceptors (Lipinski definition) is 5. The fourth-order valence-electron chi connectivity index (χ4n) is 5.44. The molecule has 3 atom stereocenters. The molecular formula is C31H39F3N4O5. The molecule has 1 saturated carbocycles. The van der Waals surface area contributed by atoms with Gasteiger partial charge in [-0.3, -0.25) is 9.59 Å². The second-order valence-corrected chi connectivity index (χ2v) is 11.5. The number of anilines is 2. The minimum Gasteiger partial charge on any atom is -0.487 e. The van der Waals surface area contributed by atoms with Crippen LogP contribution in [0.15, 0.2) is 42.5 Å². The van der Waals surface area contributed by atoms with E-state index in [0.29, 0.717) is 5.69 Å². The normalized spacial score (nSPS) is 20.3. The van der Waals surface area contributed by atoms with Crippen LogP contribution in [0.5, 0.6) is 5.75 Å². The molecule has 1 fully saturated rings. The molecule has 0 bridgehead atoms. The van der Waals surface area contributed by atoms with Gasteiger partial charge in [-0.15, -0.1) is 0 Å². The first kappa shape index (κ1) is 32.1. The predicted molar refractivity (Wildman–Crippen MR) is 156 cm³/mol. The van der Waals surface area contributed by atoms with Crippen molar-refractivity contribution in [3.05, 3.63) is 53.6 Å². The van der Waals surface area contributed by atoms with Gasteiger partial charge in [-0.25, -0.2) is 4.79 Å². The highest BCUT2D eigenvalue weighted by molar-refractivity contribution is 6.00. The van der Waals surface area contributed by atoms with E-state index in [9.17, 15) is 32.7 Å². The molecule has 1 aliphatic carbocycles. The number of likely N-dealkylation sites (N-methyl/N-ethyl adjacent to an activating group) is 1. The molecular weight excluding hydrogens is 565 g/mol. The second kappa shape index (κ2) is 13.7. The van der Waals surface area contributed by atoms with E-state index < -0.39 is 29.9 Å². The summed E-state index contributed by atoms with van der Waals surface area (Å²) in [6, 6.07) is 8.00. The van der Waals surface area contributed by atoms with Gasteiger partial charge in [0.1, 0.15) is 11.9 Å². The summed E-state index contributed by atoms with van der Waals surface area (Å²) in [7, 11) is 1.54. The number of rotatable bonds is 7. The summed E-state index contributed by atoms with van der Waals surface area (Å²) in [4.78, 5) is 42.4. The number of benzene rings is 2. The first-order valence-corrected chi connectivity index (χ1v) is 14.6. The van der Waals surface area contributed by atoms with Gasteiger partial charge in [0.25, 0.3) is 5.91 Å². The number of urea groups is 1. The molecule has 2 aromatic rings. The third-order valence-electron chi connectivity index (χ3n) is 8.17. The maximum Gasteiger partial charge on any atom is 0.416 e. The topological polar surface area (TPSA) is 111 Å². The Bertz CT molecular complexity index is 1300. The predicted octanol–water partition coefficient (Wildman–Crippen LogP) is 5.61. The summed E-state index contributed by atoms with van der Waals surface area (Å²) in [5.74, 6) is -0.472. The van der Waals surface area contributed by atoms with Gasteiger partial charge in [0.05, 0.1) is 30.3 Å². The van der Waals surface area contributed by atoms with Gasteiger partial charge in [-0.2, -0.15) is 13.2 Å². The molecule has 43 heavy (non-hydrogen) atoms. The quantitative estimate of drug-likeness (QED) is 0.381. The van der Waals surface area contributed by atoms with E-state index in [1.807, 2.05) is 6.92 Å². The van der Waals surface area contributed by atoms with Crippen LogP contribution >= 0.6 is 0 Å². The lowest BCUT2D eigenvalue weighted by molar-refractivity contribution is -0.137. The van der Waals surface area contributed by atoms with Gasteiger partial charge < -0.3 is 30.3 Å². The van der Waals surface area contributed by atoms with Crippen LogP contribution in [0, 0.1) is 11.8 Å². The number of alkyl halides is 3. The zero-order valence-corrected chi connectivity index (χ0v) is 24.6. The average Bonchev–Trinajstić information content (AvgIpc) is 2.99. The van der Waals surface area contributed by atoms with E-state index in [1.54, 1.807) is 37.1 Å². The van der Waals surface area contributed by atoms with Gasteiger partial charge >= 0.3 is 12.2 Å². The number of hydrogen-bond donors (Lipinski definition) is 3. The molecule has 0 saturated heterocycles. The monoisotopic (exact) mass is 604 g/mol. The molecule has 0 aromatic heterocycles. The molecule has 0 radical (unpaired) electrons. The Labute approximate surface area is 249 Å². The van der Waals surface area contributed by atoms with Gasteiger partial charge in [0, 0.05) is 36.8 Å². The third-order valence-corrected chi connectivity index (χ3v) is 8.17. The smallest absolute Gasteiger partial charge is 0.416 e. The highest BCUT2D eigenvalue weighted by atomic mass is 19.4. The first-order chi connectivity index (χ1) is 20.4. The molecule has 2 aromatic carbocycles. The number of nitrogens with zero attached hydrogens (tertiary/aromatic N) is 2. The fraction of sp³-hybridized carbons (Fsp3) is 0.516. The number of fused-ring (bicyclic) bond motifs is 1. The molecule has 4 amide bonds. The molecule has 0 unspecified atom stereocenters. The van der Waals surface area contributed by atoms with Gasteiger partial charge in [-0.1, -0.05) is 26.2 Å². The standard InChI is InChI=1S/C31H39F3N4O5/c1-19-16-38(20(2)18-39)29(41)25-15-24(35-28(40)21-7-5-4-6-8-21)13-14-26(25)43-27(19)17-37(3)30(42)36-23-11-9-22(10-12-23)31(32,33)34/h9-15,19-21,27,39H,4-8,16-18H2,1-3H3,(H,35,40)(H,36,42)/t19-,20-,27+/m1/s1. The number of halogens is 3. The van der Waals surface area contributed by atoms with Gasteiger partial charge in [0.15, 0.2) is 0 Å². The lowest BCUT2D eigenvalue weighted by atomic mass is 9.88. The van der Waals surface area contributed by atoms with Gasteiger partial charge in [0.2, 0.25) is 5.91 Å². The Morgan fingerprint density at radius 2 is 1.72 bits per heavy atom. The van der Waals surface area contributed by atoms with Crippen molar-refractivity contribution >= 4 is 29.2 Å². The summed E-state index contributed by atoms with van der Waals surface area (Å²) in [6.07, 6.45) is -0.241. The van der Waals surface area contributed by atoms with Crippen molar-refractivity contribution in [2.45, 2.75) is 64.3 Å². The number of carbonyl (C=O) groups is 3. The molecule has 0 spiro atoms. The Balaban J connectivity index is 1.52. The summed E-state index contributed by atoms with van der Waals surface area (Å²) in [5.41, 5.74) is 0.0944. The molecule has 2 aliphatic rings. The molecule has 12 heteroatoms. The van der Waals surface area contributed by atoms with Crippen molar-refractivity contribution in [1.82, 2.24) is 9.80 Å². The Morgan fingerprint density at radius 1 is 1.07 bits per heavy atom. The maximum atomic E-state index is 13.7. The largest absolute Gasteiger partial charge is 0.487 e. The Kier molecular flexibility index (Phi) is 10.2. The Hall–Kier alpha value is -3.80. The molecule has 1 aliphatic heterocycles. The van der Waals surface area contributed by atoms with Crippen LogP contribution in [0.3, 0.4) is 0 Å². The van der Waals surface area contributed by atoms with Crippen LogP contribution in [-0.2, 0) is 11.0 Å². The molecule has 1 heterocycles. The zero-order valence-electron chi connectivity index (χ0n) is 24.6. The van der Waals surface area contributed by atoms with E-state index in [0.717, 1.165) is 44.2 Å². The highest BCUT2D eigenvalue weighted by Gasteiger charge is 2.35. The number of ether oxygens (including phenoxy) is 1. The van der Waals surface area contributed by atoms with Crippen molar-refractivity contribution in [3.63, 3.8) is 0 Å². The van der Waals surface area contributed by atoms with Crippen molar-refractivity contribution in [3.8, 4) is 5.75 Å². The summed E-state index contributed by atoms with van der Waals surface area (Å²) in [5, 5.41) is 15.4. The third kappa shape index (κ3) is 7.98. The van der Waals surface area contributed by atoms with E-state index in [-0.39, 0.29) is 60.3 Å². The van der Waals surface area contributed by atoms with Crippen molar-refractivity contribution < 1.29 is 37.4 Å². The summed E-state index contributed by atoms with van der Waals surface area (Å²) < 4.78 is 45.0.